The number of carbonyl (C=O) groups excluding carboxylic acids is 2. The van der Waals surface area contributed by atoms with Gasteiger partial charge in [0.05, 0.1) is 10.7 Å². The summed E-state index contributed by atoms with van der Waals surface area (Å²) in [7, 11) is 0. The molecule has 35 heavy (non-hydrogen) atoms. The van der Waals surface area contributed by atoms with Crippen LogP contribution in [0.3, 0.4) is 0 Å². The van der Waals surface area contributed by atoms with Crippen LogP contribution in [0.15, 0.2) is 48.5 Å². The number of benzene rings is 2. The molecule has 1 fully saturated rings. The van der Waals surface area contributed by atoms with E-state index in [1.54, 1.807) is 17.0 Å². The summed E-state index contributed by atoms with van der Waals surface area (Å²) in [5.74, 6) is 0.645. The van der Waals surface area contributed by atoms with Crippen LogP contribution < -0.4 is 5.32 Å². The van der Waals surface area contributed by atoms with Crippen LogP contribution in [0.25, 0.3) is 0 Å². The average Bonchev–Trinajstić information content (AvgIpc) is 2.86. The summed E-state index contributed by atoms with van der Waals surface area (Å²) in [4.78, 5) is 38.8. The number of non-ortho nitro benzene ring substituents is 1. The SMILES string of the molecule is CCC(C(=O)NC1CCCCC1)N(Cc1ccc(C)cc1)C(=O)CSCc1ccc([N+](=O)[O-])cc1. The zero-order valence-electron chi connectivity index (χ0n) is 20.6. The predicted octanol–water partition coefficient (Wildman–Crippen LogP) is 5.39. The maximum Gasteiger partial charge on any atom is 0.269 e. The maximum atomic E-state index is 13.4. The highest BCUT2D eigenvalue weighted by molar-refractivity contribution is 7.99. The van der Waals surface area contributed by atoms with E-state index in [0.29, 0.717) is 18.7 Å². The molecule has 2 aromatic carbocycles. The third-order valence-electron chi connectivity index (χ3n) is 6.45. The first-order valence-corrected chi connectivity index (χ1v) is 13.5. The number of amides is 2. The van der Waals surface area contributed by atoms with E-state index in [0.717, 1.165) is 42.4 Å². The second kappa shape index (κ2) is 13.3. The lowest BCUT2D eigenvalue weighted by atomic mass is 9.95. The molecule has 1 aliphatic rings. The number of thioether (sulfide) groups is 1. The fourth-order valence-corrected chi connectivity index (χ4v) is 5.28. The fourth-order valence-electron chi connectivity index (χ4n) is 4.41. The van der Waals surface area contributed by atoms with Crippen LogP contribution in [-0.4, -0.2) is 39.5 Å². The minimum atomic E-state index is -0.522. The Morgan fingerprint density at radius 2 is 1.69 bits per heavy atom. The Kier molecular flexibility index (Phi) is 10.1. The number of rotatable bonds is 11. The van der Waals surface area contributed by atoms with Gasteiger partial charge in [-0.05, 0) is 37.3 Å². The van der Waals surface area contributed by atoms with E-state index in [1.165, 1.54) is 30.3 Å². The molecule has 1 unspecified atom stereocenters. The van der Waals surface area contributed by atoms with Gasteiger partial charge in [-0.15, -0.1) is 11.8 Å². The molecule has 0 aromatic heterocycles. The normalized spacial score (nSPS) is 14.8. The Balaban J connectivity index is 1.67. The van der Waals surface area contributed by atoms with E-state index in [-0.39, 0.29) is 29.3 Å². The summed E-state index contributed by atoms with van der Waals surface area (Å²) >= 11 is 1.45. The van der Waals surface area contributed by atoms with E-state index >= 15 is 0 Å². The summed E-state index contributed by atoms with van der Waals surface area (Å²) in [6.45, 7) is 4.35. The van der Waals surface area contributed by atoms with Gasteiger partial charge in [0.15, 0.2) is 0 Å². The summed E-state index contributed by atoms with van der Waals surface area (Å²) in [5.41, 5.74) is 3.11. The van der Waals surface area contributed by atoms with Gasteiger partial charge >= 0.3 is 0 Å². The first-order valence-electron chi connectivity index (χ1n) is 12.3. The van der Waals surface area contributed by atoms with Gasteiger partial charge in [-0.2, -0.15) is 0 Å². The van der Waals surface area contributed by atoms with E-state index in [2.05, 4.69) is 5.32 Å². The molecule has 1 atom stereocenters. The number of aryl methyl sites for hydroxylation is 1. The molecular weight excluding hydrogens is 462 g/mol. The molecule has 0 saturated heterocycles. The first kappa shape index (κ1) is 26.7. The van der Waals surface area contributed by atoms with Gasteiger partial charge in [-0.1, -0.05) is 68.1 Å². The van der Waals surface area contributed by atoms with Crippen LogP contribution >= 0.6 is 11.8 Å². The Hall–Kier alpha value is -2.87. The van der Waals surface area contributed by atoms with Crippen molar-refractivity contribution in [3.63, 3.8) is 0 Å². The standard InChI is InChI=1S/C27H35N3O4S/c1-3-25(27(32)28-23-7-5-4-6-8-23)29(17-21-11-9-20(2)10-12-21)26(31)19-35-18-22-13-15-24(16-14-22)30(33)34/h9-16,23,25H,3-8,17-19H2,1-2H3,(H,28,32). The van der Waals surface area contributed by atoms with Crippen molar-refractivity contribution in [2.45, 2.75) is 76.8 Å². The van der Waals surface area contributed by atoms with Gasteiger partial charge in [0, 0.05) is 30.5 Å². The van der Waals surface area contributed by atoms with Crippen LogP contribution in [0.4, 0.5) is 5.69 Å². The molecule has 1 saturated carbocycles. The van der Waals surface area contributed by atoms with Crippen molar-refractivity contribution in [1.82, 2.24) is 10.2 Å². The highest BCUT2D eigenvalue weighted by atomic mass is 32.2. The zero-order chi connectivity index (χ0) is 25.2. The lowest BCUT2D eigenvalue weighted by Crippen LogP contribution is -2.52. The number of hydrogen-bond acceptors (Lipinski definition) is 5. The number of nitro benzene ring substituents is 1. The van der Waals surface area contributed by atoms with Gasteiger partial charge < -0.3 is 10.2 Å². The Morgan fingerprint density at radius 1 is 1.06 bits per heavy atom. The van der Waals surface area contributed by atoms with Crippen LogP contribution in [0.2, 0.25) is 0 Å². The largest absolute Gasteiger partial charge is 0.352 e. The van der Waals surface area contributed by atoms with Gasteiger partial charge in [-0.25, -0.2) is 0 Å². The molecule has 0 aliphatic heterocycles. The first-order chi connectivity index (χ1) is 16.9. The van der Waals surface area contributed by atoms with Gasteiger partial charge in [0.2, 0.25) is 11.8 Å². The van der Waals surface area contributed by atoms with E-state index in [9.17, 15) is 19.7 Å². The Labute approximate surface area is 211 Å². The monoisotopic (exact) mass is 497 g/mol. The average molecular weight is 498 g/mol. The summed E-state index contributed by atoms with van der Waals surface area (Å²) in [5, 5.41) is 14.1. The molecule has 0 radical (unpaired) electrons. The van der Waals surface area contributed by atoms with Gasteiger partial charge in [-0.3, -0.25) is 19.7 Å². The predicted molar refractivity (Wildman–Crippen MR) is 140 cm³/mol. The third kappa shape index (κ3) is 8.09. The van der Waals surface area contributed by atoms with Crippen molar-refractivity contribution < 1.29 is 14.5 Å². The molecular formula is C27H35N3O4S. The minimum Gasteiger partial charge on any atom is -0.352 e. The lowest BCUT2D eigenvalue weighted by Gasteiger charge is -2.32. The summed E-state index contributed by atoms with van der Waals surface area (Å²) < 4.78 is 0. The molecule has 8 heteroatoms. The van der Waals surface area contributed by atoms with Crippen LogP contribution in [0.5, 0.6) is 0 Å². The van der Waals surface area contributed by atoms with Crippen molar-refractivity contribution in [1.29, 1.82) is 0 Å². The molecule has 7 nitrogen and oxygen atoms in total. The molecule has 0 heterocycles. The quantitative estimate of drug-likeness (QED) is 0.332. The highest BCUT2D eigenvalue weighted by Gasteiger charge is 2.30. The molecule has 1 aliphatic carbocycles. The topological polar surface area (TPSA) is 92.6 Å². The highest BCUT2D eigenvalue weighted by Crippen LogP contribution is 2.21. The molecule has 2 aromatic rings. The molecule has 0 spiro atoms. The lowest BCUT2D eigenvalue weighted by molar-refractivity contribution is -0.384. The van der Waals surface area contributed by atoms with E-state index in [4.69, 9.17) is 0 Å². The molecule has 3 rings (SSSR count). The molecule has 1 N–H and O–H groups in total. The summed E-state index contributed by atoms with van der Waals surface area (Å²) in [6.07, 6.45) is 6.02. The maximum absolute atomic E-state index is 13.4. The fraction of sp³-hybridized carbons (Fsp3) is 0.481. The number of nitro groups is 1. The van der Waals surface area contributed by atoms with Crippen LogP contribution in [-0.2, 0) is 21.9 Å². The van der Waals surface area contributed by atoms with Crippen molar-refractivity contribution >= 4 is 29.3 Å². The van der Waals surface area contributed by atoms with Crippen molar-refractivity contribution in [2.24, 2.45) is 0 Å². The van der Waals surface area contributed by atoms with E-state index in [1.807, 2.05) is 38.1 Å². The number of nitrogens with zero attached hydrogens (tertiary/aromatic N) is 2. The number of nitrogens with one attached hydrogen (secondary N) is 1. The molecule has 2 amide bonds. The Bertz CT molecular complexity index is 988. The van der Waals surface area contributed by atoms with Crippen LogP contribution in [0, 0.1) is 17.0 Å². The molecule has 0 bridgehead atoms. The number of carbonyl (C=O) groups is 2. The Morgan fingerprint density at radius 3 is 2.29 bits per heavy atom. The minimum absolute atomic E-state index is 0.0499. The van der Waals surface area contributed by atoms with Gasteiger partial charge in [0.1, 0.15) is 6.04 Å². The zero-order valence-corrected chi connectivity index (χ0v) is 21.4. The van der Waals surface area contributed by atoms with Gasteiger partial charge in [0.25, 0.3) is 5.69 Å². The van der Waals surface area contributed by atoms with Crippen molar-refractivity contribution in [3.05, 3.63) is 75.3 Å². The number of hydrogen-bond donors (Lipinski definition) is 1. The molecule has 188 valence electrons. The second-order valence-corrected chi connectivity index (χ2v) is 10.2. The smallest absolute Gasteiger partial charge is 0.269 e. The van der Waals surface area contributed by atoms with Crippen LogP contribution in [0.1, 0.15) is 62.1 Å². The van der Waals surface area contributed by atoms with Crippen molar-refractivity contribution in [2.75, 3.05) is 5.75 Å². The third-order valence-corrected chi connectivity index (χ3v) is 7.44. The van der Waals surface area contributed by atoms with Crippen molar-refractivity contribution in [3.8, 4) is 0 Å². The summed E-state index contributed by atoms with van der Waals surface area (Å²) in [6, 6.07) is 14.1. The van der Waals surface area contributed by atoms with E-state index < -0.39 is 11.0 Å². The second-order valence-electron chi connectivity index (χ2n) is 9.19.